The summed E-state index contributed by atoms with van der Waals surface area (Å²) in [5.41, 5.74) is 0.827. The van der Waals surface area contributed by atoms with Gasteiger partial charge in [0, 0.05) is 0 Å². The zero-order valence-electron chi connectivity index (χ0n) is 8.85. The van der Waals surface area contributed by atoms with Gasteiger partial charge in [-0.25, -0.2) is 9.97 Å². The van der Waals surface area contributed by atoms with Gasteiger partial charge in [-0.3, -0.25) is 0 Å². The third-order valence-electron chi connectivity index (χ3n) is 2.16. The molecule has 1 heterocycles. The Balaban J connectivity index is 2.31. The van der Waals surface area contributed by atoms with Gasteiger partial charge in [0.25, 0.3) is 0 Å². The maximum Gasteiger partial charge on any atom is 0.226 e. The lowest BCUT2D eigenvalue weighted by atomic mass is 10.2. The number of benzene rings is 1. The maximum atomic E-state index is 5.96. The molecule has 0 N–H and O–H groups in total. The van der Waals surface area contributed by atoms with E-state index in [0.29, 0.717) is 11.0 Å². The number of hydrogen-bond donors (Lipinski definition) is 0. The van der Waals surface area contributed by atoms with Crippen molar-refractivity contribution < 1.29 is 4.74 Å². The summed E-state index contributed by atoms with van der Waals surface area (Å²) in [5, 5.41) is 0.448. The Morgan fingerprint density at radius 2 is 1.94 bits per heavy atom. The molecular formula is C12H11ClN2O. The van der Waals surface area contributed by atoms with Gasteiger partial charge in [0.15, 0.2) is 0 Å². The second-order valence-corrected chi connectivity index (χ2v) is 3.57. The lowest BCUT2D eigenvalue weighted by Crippen LogP contribution is -1.96. The Morgan fingerprint density at radius 3 is 2.62 bits per heavy atom. The molecule has 0 aliphatic heterocycles. The van der Waals surface area contributed by atoms with Crippen LogP contribution < -0.4 is 4.74 Å². The van der Waals surface area contributed by atoms with E-state index in [1.54, 1.807) is 0 Å². The van der Waals surface area contributed by atoms with Crippen molar-refractivity contribution in [3.05, 3.63) is 47.4 Å². The first-order valence-electron chi connectivity index (χ1n) is 5.03. The molecule has 0 atom stereocenters. The minimum atomic E-state index is 0.448. The minimum absolute atomic E-state index is 0.448. The van der Waals surface area contributed by atoms with Crippen LogP contribution in [-0.2, 0) is 6.42 Å². The Bertz CT molecular complexity index is 474. The van der Waals surface area contributed by atoms with Crippen molar-refractivity contribution in [2.24, 2.45) is 0 Å². The highest BCUT2D eigenvalue weighted by atomic mass is 35.5. The summed E-state index contributed by atoms with van der Waals surface area (Å²) in [4.78, 5) is 8.01. The first-order chi connectivity index (χ1) is 7.81. The van der Waals surface area contributed by atoms with Gasteiger partial charge in [-0.2, -0.15) is 0 Å². The number of para-hydroxylation sites is 1. The number of halogens is 1. The molecule has 0 amide bonds. The van der Waals surface area contributed by atoms with E-state index in [-0.39, 0.29) is 0 Å². The molecule has 0 unspecified atom stereocenters. The van der Waals surface area contributed by atoms with Crippen LogP contribution in [0.1, 0.15) is 12.5 Å². The van der Waals surface area contributed by atoms with E-state index in [1.807, 2.05) is 37.3 Å². The molecular weight excluding hydrogens is 224 g/mol. The summed E-state index contributed by atoms with van der Waals surface area (Å²) in [6, 6.07) is 9.49. The molecule has 2 aromatic rings. The largest absolute Gasteiger partial charge is 0.439 e. The van der Waals surface area contributed by atoms with E-state index >= 15 is 0 Å². The molecule has 4 heteroatoms. The van der Waals surface area contributed by atoms with Crippen LogP contribution in [0.3, 0.4) is 0 Å². The molecule has 1 aromatic heterocycles. The van der Waals surface area contributed by atoms with Crippen LogP contribution in [0, 0.1) is 0 Å². The standard InChI is InChI=1S/C12H11ClN2O/c1-2-10-11(13)14-8-15-12(10)16-9-6-4-3-5-7-9/h3-8H,2H2,1H3. The molecule has 0 radical (unpaired) electrons. The van der Waals surface area contributed by atoms with E-state index in [1.165, 1.54) is 6.33 Å². The van der Waals surface area contributed by atoms with Gasteiger partial charge in [-0.15, -0.1) is 0 Å². The Labute approximate surface area is 99.1 Å². The Morgan fingerprint density at radius 1 is 1.19 bits per heavy atom. The van der Waals surface area contributed by atoms with E-state index in [4.69, 9.17) is 16.3 Å². The van der Waals surface area contributed by atoms with E-state index in [0.717, 1.165) is 17.7 Å². The zero-order valence-corrected chi connectivity index (χ0v) is 9.61. The number of nitrogens with zero attached hydrogens (tertiary/aromatic N) is 2. The molecule has 0 bridgehead atoms. The first-order valence-corrected chi connectivity index (χ1v) is 5.41. The third kappa shape index (κ3) is 2.31. The van der Waals surface area contributed by atoms with Gasteiger partial charge in [-0.05, 0) is 18.6 Å². The normalized spacial score (nSPS) is 10.1. The van der Waals surface area contributed by atoms with Gasteiger partial charge >= 0.3 is 0 Å². The molecule has 2 rings (SSSR count). The lowest BCUT2D eigenvalue weighted by Gasteiger charge is -2.08. The van der Waals surface area contributed by atoms with Crippen molar-refractivity contribution in [2.45, 2.75) is 13.3 Å². The molecule has 3 nitrogen and oxygen atoms in total. The fourth-order valence-corrected chi connectivity index (χ4v) is 1.62. The molecule has 0 saturated carbocycles. The van der Waals surface area contributed by atoms with Crippen LogP contribution in [-0.4, -0.2) is 9.97 Å². The van der Waals surface area contributed by atoms with Crippen molar-refractivity contribution in [2.75, 3.05) is 0 Å². The summed E-state index contributed by atoms with van der Waals surface area (Å²) in [7, 11) is 0. The van der Waals surface area contributed by atoms with Crippen molar-refractivity contribution in [1.29, 1.82) is 0 Å². The van der Waals surface area contributed by atoms with Crippen LogP contribution in [0.4, 0.5) is 0 Å². The van der Waals surface area contributed by atoms with Crippen LogP contribution in [0.2, 0.25) is 5.15 Å². The average Bonchev–Trinajstić information content (AvgIpc) is 2.31. The molecule has 16 heavy (non-hydrogen) atoms. The number of hydrogen-bond acceptors (Lipinski definition) is 3. The number of rotatable bonds is 3. The maximum absolute atomic E-state index is 5.96. The predicted octanol–water partition coefficient (Wildman–Crippen LogP) is 3.48. The van der Waals surface area contributed by atoms with Gasteiger partial charge < -0.3 is 4.74 Å². The molecule has 1 aromatic carbocycles. The summed E-state index contributed by atoms with van der Waals surface area (Å²) in [5.74, 6) is 1.26. The fourth-order valence-electron chi connectivity index (χ4n) is 1.36. The highest BCUT2D eigenvalue weighted by Crippen LogP contribution is 2.26. The smallest absolute Gasteiger partial charge is 0.226 e. The quantitative estimate of drug-likeness (QED) is 0.763. The summed E-state index contributed by atoms with van der Waals surface area (Å²) in [6.07, 6.45) is 2.14. The van der Waals surface area contributed by atoms with Crippen molar-refractivity contribution >= 4 is 11.6 Å². The average molecular weight is 235 g/mol. The molecule has 82 valence electrons. The molecule has 0 fully saturated rings. The second-order valence-electron chi connectivity index (χ2n) is 3.22. The summed E-state index contributed by atoms with van der Waals surface area (Å²) < 4.78 is 5.65. The predicted molar refractivity (Wildman–Crippen MR) is 62.9 cm³/mol. The van der Waals surface area contributed by atoms with E-state index < -0.39 is 0 Å². The van der Waals surface area contributed by atoms with Crippen molar-refractivity contribution in [3.63, 3.8) is 0 Å². The molecule has 0 spiro atoms. The van der Waals surface area contributed by atoms with Crippen LogP contribution in [0.5, 0.6) is 11.6 Å². The van der Waals surface area contributed by atoms with E-state index in [2.05, 4.69) is 9.97 Å². The minimum Gasteiger partial charge on any atom is -0.439 e. The van der Waals surface area contributed by atoms with Crippen LogP contribution in [0.15, 0.2) is 36.7 Å². The Hall–Kier alpha value is -1.61. The van der Waals surface area contributed by atoms with Crippen LogP contribution >= 0.6 is 11.6 Å². The lowest BCUT2D eigenvalue weighted by molar-refractivity contribution is 0.455. The second kappa shape index (κ2) is 4.94. The fraction of sp³-hybridized carbons (Fsp3) is 0.167. The summed E-state index contributed by atoms with van der Waals surface area (Å²) in [6.45, 7) is 1.99. The molecule has 0 saturated heterocycles. The van der Waals surface area contributed by atoms with Crippen LogP contribution in [0.25, 0.3) is 0 Å². The zero-order chi connectivity index (χ0) is 11.4. The third-order valence-corrected chi connectivity index (χ3v) is 2.49. The molecule has 0 aliphatic carbocycles. The van der Waals surface area contributed by atoms with Crippen molar-refractivity contribution in [1.82, 2.24) is 9.97 Å². The van der Waals surface area contributed by atoms with Crippen molar-refractivity contribution in [3.8, 4) is 11.6 Å². The SMILES string of the molecule is CCc1c(Cl)ncnc1Oc1ccccc1. The number of aromatic nitrogens is 2. The van der Waals surface area contributed by atoms with Gasteiger partial charge in [0.1, 0.15) is 17.2 Å². The topological polar surface area (TPSA) is 35.0 Å². The van der Waals surface area contributed by atoms with Gasteiger partial charge in [0.05, 0.1) is 5.56 Å². The van der Waals surface area contributed by atoms with Gasteiger partial charge in [0.2, 0.25) is 5.88 Å². The monoisotopic (exact) mass is 234 g/mol. The molecule has 0 aliphatic rings. The highest BCUT2D eigenvalue weighted by molar-refractivity contribution is 6.30. The van der Waals surface area contributed by atoms with Gasteiger partial charge in [-0.1, -0.05) is 36.7 Å². The summed E-state index contributed by atoms with van der Waals surface area (Å²) >= 11 is 5.96. The highest BCUT2D eigenvalue weighted by Gasteiger charge is 2.09. The Kier molecular flexibility index (Phi) is 3.37. The number of ether oxygens (including phenoxy) is 1. The van der Waals surface area contributed by atoms with E-state index in [9.17, 15) is 0 Å². The first kappa shape index (κ1) is 10.9.